The van der Waals surface area contributed by atoms with Crippen molar-refractivity contribution in [3.8, 4) is 5.75 Å². The van der Waals surface area contributed by atoms with Crippen LogP contribution in [0.15, 0.2) is 47.4 Å². The van der Waals surface area contributed by atoms with Crippen LogP contribution >= 0.6 is 0 Å². The van der Waals surface area contributed by atoms with Gasteiger partial charge in [-0.15, -0.1) is 0 Å². The summed E-state index contributed by atoms with van der Waals surface area (Å²) in [5, 5.41) is 0. The lowest BCUT2D eigenvalue weighted by molar-refractivity contribution is -0.122. The van der Waals surface area contributed by atoms with Crippen molar-refractivity contribution in [1.29, 1.82) is 0 Å². The fourth-order valence-corrected chi connectivity index (χ4v) is 5.42. The van der Waals surface area contributed by atoms with Crippen LogP contribution in [-0.2, 0) is 21.2 Å². The van der Waals surface area contributed by atoms with E-state index in [0.717, 1.165) is 43.4 Å². The van der Waals surface area contributed by atoms with Gasteiger partial charge in [-0.25, -0.2) is 8.42 Å². The Morgan fingerprint density at radius 1 is 1.17 bits per heavy atom. The Balaban J connectivity index is 1.59. The van der Waals surface area contributed by atoms with E-state index in [4.69, 9.17) is 4.74 Å². The van der Waals surface area contributed by atoms with Gasteiger partial charge in [0.1, 0.15) is 10.6 Å². The zero-order valence-electron chi connectivity index (χ0n) is 16.6. The Morgan fingerprint density at radius 3 is 2.69 bits per heavy atom. The van der Waals surface area contributed by atoms with Gasteiger partial charge in [0.2, 0.25) is 5.91 Å². The average Bonchev–Trinajstić information content (AvgIpc) is 3.38. The highest BCUT2D eigenvalue weighted by molar-refractivity contribution is 7.92. The molecule has 0 spiro atoms. The molecule has 1 amide bonds. The van der Waals surface area contributed by atoms with Crippen LogP contribution in [0.4, 0.5) is 11.4 Å². The van der Waals surface area contributed by atoms with Crippen molar-refractivity contribution in [2.75, 3.05) is 22.8 Å². The lowest BCUT2D eigenvalue weighted by Crippen LogP contribution is -2.33. The third-order valence-corrected chi connectivity index (χ3v) is 7.06. The van der Waals surface area contributed by atoms with Crippen molar-refractivity contribution in [3.05, 3.63) is 48.0 Å². The van der Waals surface area contributed by atoms with Crippen LogP contribution < -0.4 is 14.4 Å². The summed E-state index contributed by atoms with van der Waals surface area (Å²) >= 11 is 0. The van der Waals surface area contributed by atoms with Crippen molar-refractivity contribution >= 4 is 27.3 Å². The van der Waals surface area contributed by atoms with E-state index in [1.807, 2.05) is 17.9 Å². The first-order chi connectivity index (χ1) is 14.0. The van der Waals surface area contributed by atoms with Gasteiger partial charge in [-0.2, -0.15) is 0 Å². The molecule has 1 aliphatic carbocycles. The number of fused-ring (bicyclic) bond motifs is 1. The minimum absolute atomic E-state index is 0.0966. The van der Waals surface area contributed by atoms with E-state index in [1.54, 1.807) is 30.3 Å². The predicted octanol–water partition coefficient (Wildman–Crippen LogP) is 3.97. The SMILES string of the molecule is CCOc1ccccc1S(=O)(=O)Nc1ccc2c(c1)N(C(=O)C1CCCC1)CC2. The molecule has 0 aromatic heterocycles. The van der Waals surface area contributed by atoms with Gasteiger partial charge in [0.25, 0.3) is 10.0 Å². The molecule has 4 rings (SSSR count). The molecule has 2 aliphatic rings. The van der Waals surface area contributed by atoms with Gasteiger partial charge in [0.15, 0.2) is 0 Å². The first-order valence-electron chi connectivity index (χ1n) is 10.2. The molecule has 1 fully saturated rings. The van der Waals surface area contributed by atoms with Crippen molar-refractivity contribution in [3.63, 3.8) is 0 Å². The topological polar surface area (TPSA) is 75.7 Å². The summed E-state index contributed by atoms with van der Waals surface area (Å²) in [7, 11) is -3.82. The lowest BCUT2D eigenvalue weighted by atomic mass is 10.1. The molecule has 1 aliphatic heterocycles. The minimum atomic E-state index is -3.82. The Hall–Kier alpha value is -2.54. The second-order valence-corrected chi connectivity index (χ2v) is 9.20. The Bertz CT molecular complexity index is 1010. The van der Waals surface area contributed by atoms with Crippen molar-refractivity contribution in [2.45, 2.75) is 43.9 Å². The first kappa shape index (κ1) is 19.8. The monoisotopic (exact) mass is 414 g/mol. The number of hydrogen-bond acceptors (Lipinski definition) is 4. The lowest BCUT2D eigenvalue weighted by Gasteiger charge is -2.22. The number of para-hydroxylation sites is 1. The number of anilines is 2. The summed E-state index contributed by atoms with van der Waals surface area (Å²) in [6.07, 6.45) is 4.91. The number of hydrogen-bond donors (Lipinski definition) is 1. The summed E-state index contributed by atoms with van der Waals surface area (Å²) in [6.45, 7) is 2.85. The summed E-state index contributed by atoms with van der Waals surface area (Å²) in [4.78, 5) is 14.8. The molecule has 2 aromatic rings. The zero-order valence-corrected chi connectivity index (χ0v) is 17.4. The van der Waals surface area contributed by atoms with Crippen LogP contribution in [0, 0.1) is 5.92 Å². The largest absolute Gasteiger partial charge is 0.492 e. The number of nitrogens with zero attached hydrogens (tertiary/aromatic N) is 1. The Kier molecular flexibility index (Phi) is 5.50. The Morgan fingerprint density at radius 2 is 1.93 bits per heavy atom. The maximum atomic E-state index is 13.0. The van der Waals surface area contributed by atoms with Gasteiger partial charge in [-0.1, -0.05) is 31.0 Å². The normalized spacial score (nSPS) is 16.7. The first-order valence-corrected chi connectivity index (χ1v) is 11.7. The van der Waals surface area contributed by atoms with Crippen molar-refractivity contribution < 1.29 is 17.9 Å². The number of sulfonamides is 1. The number of ether oxygens (including phenoxy) is 1. The zero-order chi connectivity index (χ0) is 20.4. The molecular weight excluding hydrogens is 388 g/mol. The maximum Gasteiger partial charge on any atom is 0.265 e. The standard InChI is InChI=1S/C22H26N2O4S/c1-2-28-20-9-5-6-10-21(20)29(26,27)23-18-12-11-16-13-14-24(19(16)15-18)22(25)17-7-3-4-8-17/h5-6,9-12,15,17,23H,2-4,7-8,13-14H2,1H3. The molecule has 0 saturated heterocycles. The smallest absolute Gasteiger partial charge is 0.265 e. The summed E-state index contributed by atoms with van der Waals surface area (Å²) in [5.41, 5.74) is 2.34. The van der Waals surface area contributed by atoms with Crippen LogP contribution in [-0.4, -0.2) is 27.5 Å². The maximum absolute atomic E-state index is 13.0. The van der Waals surface area contributed by atoms with E-state index in [0.29, 0.717) is 24.6 Å². The van der Waals surface area contributed by atoms with Gasteiger partial charge in [-0.3, -0.25) is 9.52 Å². The fourth-order valence-electron chi connectivity index (χ4n) is 4.22. The van der Waals surface area contributed by atoms with E-state index in [9.17, 15) is 13.2 Å². The van der Waals surface area contributed by atoms with Crippen molar-refractivity contribution in [1.82, 2.24) is 0 Å². The molecule has 154 valence electrons. The molecule has 2 aromatic carbocycles. The van der Waals surface area contributed by atoms with Gasteiger partial charge in [0, 0.05) is 18.2 Å². The number of carbonyl (C=O) groups excluding carboxylic acids is 1. The van der Waals surface area contributed by atoms with E-state index >= 15 is 0 Å². The Labute approximate surface area is 171 Å². The molecule has 0 unspecified atom stereocenters. The number of carbonyl (C=O) groups is 1. The van der Waals surface area contributed by atoms with E-state index in [2.05, 4.69) is 4.72 Å². The number of rotatable bonds is 6. The van der Waals surface area contributed by atoms with E-state index in [1.165, 1.54) is 6.07 Å². The molecule has 7 heteroatoms. The number of amides is 1. The quantitative estimate of drug-likeness (QED) is 0.776. The predicted molar refractivity (Wildman–Crippen MR) is 113 cm³/mol. The molecular formula is C22H26N2O4S. The molecule has 29 heavy (non-hydrogen) atoms. The average molecular weight is 415 g/mol. The molecule has 1 saturated carbocycles. The molecule has 0 radical (unpaired) electrons. The van der Waals surface area contributed by atoms with Crippen LogP contribution in [0.5, 0.6) is 5.75 Å². The minimum Gasteiger partial charge on any atom is -0.492 e. The molecule has 0 bridgehead atoms. The van der Waals surface area contributed by atoms with Gasteiger partial charge in [0.05, 0.1) is 12.3 Å². The highest BCUT2D eigenvalue weighted by Crippen LogP contribution is 2.36. The van der Waals surface area contributed by atoms with Crippen LogP contribution in [0.3, 0.4) is 0 Å². The van der Waals surface area contributed by atoms with Crippen LogP contribution in [0.2, 0.25) is 0 Å². The number of nitrogens with one attached hydrogen (secondary N) is 1. The van der Waals surface area contributed by atoms with Crippen LogP contribution in [0.1, 0.15) is 38.2 Å². The fraction of sp³-hybridized carbons (Fsp3) is 0.409. The van der Waals surface area contributed by atoms with E-state index in [-0.39, 0.29) is 16.7 Å². The van der Waals surface area contributed by atoms with Gasteiger partial charge >= 0.3 is 0 Å². The highest BCUT2D eigenvalue weighted by atomic mass is 32.2. The molecule has 1 heterocycles. The van der Waals surface area contributed by atoms with Crippen molar-refractivity contribution in [2.24, 2.45) is 5.92 Å². The molecule has 6 nitrogen and oxygen atoms in total. The third-order valence-electron chi connectivity index (χ3n) is 5.64. The van der Waals surface area contributed by atoms with Gasteiger partial charge in [-0.05, 0) is 56.0 Å². The molecule has 0 atom stereocenters. The third kappa shape index (κ3) is 3.96. The summed E-state index contributed by atoms with van der Waals surface area (Å²) in [6, 6.07) is 12.0. The second-order valence-electron chi connectivity index (χ2n) is 7.55. The van der Waals surface area contributed by atoms with Gasteiger partial charge < -0.3 is 9.64 Å². The second kappa shape index (κ2) is 8.06. The number of benzene rings is 2. The summed E-state index contributed by atoms with van der Waals surface area (Å²) < 4.78 is 34.0. The highest BCUT2D eigenvalue weighted by Gasteiger charge is 2.32. The van der Waals surface area contributed by atoms with Crippen LogP contribution in [0.25, 0.3) is 0 Å². The molecule has 1 N–H and O–H groups in total. The van der Waals surface area contributed by atoms with E-state index < -0.39 is 10.0 Å². The summed E-state index contributed by atoms with van der Waals surface area (Å²) in [5.74, 6) is 0.587.